The lowest BCUT2D eigenvalue weighted by Gasteiger charge is -2.26. The normalized spacial score (nSPS) is 19.6. The fourth-order valence-corrected chi connectivity index (χ4v) is 0.647. The molecule has 0 rings (SSSR count). The summed E-state index contributed by atoms with van der Waals surface area (Å²) in [6.45, 7) is 6.94. The van der Waals surface area contributed by atoms with Gasteiger partial charge in [-0.05, 0) is 19.8 Å². The molecule has 0 aromatic heterocycles. The van der Waals surface area contributed by atoms with E-state index in [0.29, 0.717) is 12.8 Å². The Morgan fingerprint density at radius 1 is 1.70 bits per heavy atom. The number of aliphatic hydroxyl groups excluding tert-OH is 1. The maximum Gasteiger partial charge on any atom is 0.0877 e. The van der Waals surface area contributed by atoms with Crippen molar-refractivity contribution in [2.75, 3.05) is 0 Å². The summed E-state index contributed by atoms with van der Waals surface area (Å²) in [6, 6.07) is 0. The molecule has 2 atom stereocenters. The van der Waals surface area contributed by atoms with Crippen molar-refractivity contribution in [2.45, 2.75) is 38.4 Å². The van der Waals surface area contributed by atoms with E-state index in [2.05, 4.69) is 6.58 Å². The number of rotatable bonds is 4. The van der Waals surface area contributed by atoms with E-state index in [4.69, 9.17) is 0 Å². The highest BCUT2D eigenvalue weighted by Crippen LogP contribution is 2.16. The lowest BCUT2D eigenvalue weighted by atomic mass is 9.94. The van der Waals surface area contributed by atoms with Crippen LogP contribution in [0, 0.1) is 0 Å². The second-order valence-electron chi connectivity index (χ2n) is 2.75. The second kappa shape index (κ2) is 3.74. The summed E-state index contributed by atoms with van der Waals surface area (Å²) in [5, 5.41) is 18.7. The Hall–Kier alpha value is -0.340. The Kier molecular flexibility index (Phi) is 3.61. The minimum Gasteiger partial charge on any atom is -0.390 e. The summed E-state index contributed by atoms with van der Waals surface area (Å²) in [6.07, 6.45) is 1.92. The molecule has 0 fully saturated rings. The van der Waals surface area contributed by atoms with E-state index in [0.717, 1.165) is 0 Å². The largest absolute Gasteiger partial charge is 0.390 e. The van der Waals surface area contributed by atoms with Crippen LogP contribution in [-0.2, 0) is 0 Å². The summed E-state index contributed by atoms with van der Waals surface area (Å²) in [5.41, 5.74) is -0.964. The van der Waals surface area contributed by atoms with Crippen LogP contribution in [0.4, 0.5) is 0 Å². The predicted molar refractivity (Wildman–Crippen MR) is 41.7 cm³/mol. The van der Waals surface area contributed by atoms with Crippen molar-refractivity contribution in [1.29, 1.82) is 0 Å². The molecule has 2 nitrogen and oxygen atoms in total. The molecule has 0 radical (unpaired) electrons. The van der Waals surface area contributed by atoms with Crippen LogP contribution < -0.4 is 0 Å². The van der Waals surface area contributed by atoms with E-state index in [-0.39, 0.29) is 0 Å². The summed E-state index contributed by atoms with van der Waals surface area (Å²) >= 11 is 0. The van der Waals surface area contributed by atoms with Gasteiger partial charge >= 0.3 is 0 Å². The SMILES string of the molecule is C=CCC(O)C(C)(O)CC. The molecule has 10 heavy (non-hydrogen) atoms. The second-order valence-corrected chi connectivity index (χ2v) is 2.75. The van der Waals surface area contributed by atoms with Gasteiger partial charge in [0, 0.05) is 0 Å². The van der Waals surface area contributed by atoms with Crippen molar-refractivity contribution in [2.24, 2.45) is 0 Å². The predicted octanol–water partition coefficient (Wildman–Crippen LogP) is 1.08. The first-order valence-corrected chi connectivity index (χ1v) is 3.56. The highest BCUT2D eigenvalue weighted by Gasteiger charge is 2.26. The Morgan fingerprint density at radius 3 is 2.50 bits per heavy atom. The van der Waals surface area contributed by atoms with Crippen molar-refractivity contribution in [1.82, 2.24) is 0 Å². The quantitative estimate of drug-likeness (QED) is 0.580. The molecule has 0 aromatic rings. The van der Waals surface area contributed by atoms with E-state index < -0.39 is 11.7 Å². The van der Waals surface area contributed by atoms with Gasteiger partial charge in [-0.3, -0.25) is 0 Å². The first kappa shape index (κ1) is 9.66. The molecule has 2 heteroatoms. The molecule has 0 aliphatic carbocycles. The van der Waals surface area contributed by atoms with Crippen LogP contribution in [0.5, 0.6) is 0 Å². The molecule has 0 bridgehead atoms. The first-order valence-electron chi connectivity index (χ1n) is 3.56. The Bertz CT molecular complexity index is 108. The van der Waals surface area contributed by atoms with E-state index in [1.54, 1.807) is 13.0 Å². The molecular formula is C8H16O2. The molecular weight excluding hydrogens is 128 g/mol. The van der Waals surface area contributed by atoms with Crippen LogP contribution >= 0.6 is 0 Å². The number of hydrogen-bond donors (Lipinski definition) is 2. The van der Waals surface area contributed by atoms with Crippen molar-refractivity contribution in [3.05, 3.63) is 12.7 Å². The van der Waals surface area contributed by atoms with Gasteiger partial charge in [-0.25, -0.2) is 0 Å². The smallest absolute Gasteiger partial charge is 0.0877 e. The van der Waals surface area contributed by atoms with Gasteiger partial charge in [-0.1, -0.05) is 13.0 Å². The van der Waals surface area contributed by atoms with Crippen LogP contribution in [0.1, 0.15) is 26.7 Å². The Morgan fingerprint density at radius 2 is 2.20 bits per heavy atom. The van der Waals surface area contributed by atoms with Gasteiger partial charge in [0.05, 0.1) is 11.7 Å². The highest BCUT2D eigenvalue weighted by atomic mass is 16.3. The molecule has 0 saturated carbocycles. The van der Waals surface area contributed by atoms with Crippen LogP contribution in [0.15, 0.2) is 12.7 Å². The van der Waals surface area contributed by atoms with E-state index >= 15 is 0 Å². The zero-order chi connectivity index (χ0) is 8.20. The Balaban J connectivity index is 3.89. The van der Waals surface area contributed by atoms with Crippen LogP contribution in [-0.4, -0.2) is 21.9 Å². The number of aliphatic hydroxyl groups is 2. The molecule has 0 aliphatic rings. The van der Waals surface area contributed by atoms with E-state index in [1.807, 2.05) is 6.92 Å². The summed E-state index contributed by atoms with van der Waals surface area (Å²) in [7, 11) is 0. The average Bonchev–Trinajstić information content (AvgIpc) is 1.89. The monoisotopic (exact) mass is 144 g/mol. The maximum absolute atomic E-state index is 9.43. The topological polar surface area (TPSA) is 40.5 Å². The van der Waals surface area contributed by atoms with E-state index in [1.165, 1.54) is 0 Å². The van der Waals surface area contributed by atoms with Crippen molar-refractivity contribution in [3.63, 3.8) is 0 Å². The third-order valence-electron chi connectivity index (χ3n) is 1.82. The molecule has 0 aromatic carbocycles. The first-order chi connectivity index (χ1) is 4.54. The van der Waals surface area contributed by atoms with Gasteiger partial charge < -0.3 is 10.2 Å². The Labute approximate surface area is 62.2 Å². The summed E-state index contributed by atoms with van der Waals surface area (Å²) in [5.74, 6) is 0. The summed E-state index contributed by atoms with van der Waals surface area (Å²) in [4.78, 5) is 0. The minimum atomic E-state index is -0.964. The zero-order valence-electron chi connectivity index (χ0n) is 6.67. The molecule has 0 spiro atoms. The number of hydrogen-bond acceptors (Lipinski definition) is 2. The fourth-order valence-electron chi connectivity index (χ4n) is 0.647. The van der Waals surface area contributed by atoms with Gasteiger partial charge in [0.1, 0.15) is 0 Å². The van der Waals surface area contributed by atoms with Gasteiger partial charge in [0.25, 0.3) is 0 Å². The average molecular weight is 144 g/mol. The molecule has 0 amide bonds. The van der Waals surface area contributed by atoms with Gasteiger partial charge in [-0.15, -0.1) is 6.58 Å². The lowest BCUT2D eigenvalue weighted by Crippen LogP contribution is -2.37. The van der Waals surface area contributed by atoms with Gasteiger partial charge in [0.2, 0.25) is 0 Å². The third-order valence-corrected chi connectivity index (χ3v) is 1.82. The minimum absolute atomic E-state index is 0.445. The van der Waals surface area contributed by atoms with Crippen molar-refractivity contribution in [3.8, 4) is 0 Å². The third kappa shape index (κ3) is 2.50. The molecule has 2 unspecified atom stereocenters. The molecule has 0 saturated heterocycles. The fraction of sp³-hybridized carbons (Fsp3) is 0.750. The highest BCUT2D eigenvalue weighted by molar-refractivity contribution is 4.85. The molecule has 60 valence electrons. The summed E-state index contributed by atoms with van der Waals surface area (Å²) < 4.78 is 0. The van der Waals surface area contributed by atoms with Crippen molar-refractivity contribution >= 4 is 0 Å². The van der Waals surface area contributed by atoms with E-state index in [9.17, 15) is 10.2 Å². The van der Waals surface area contributed by atoms with Gasteiger partial charge in [0.15, 0.2) is 0 Å². The van der Waals surface area contributed by atoms with Crippen LogP contribution in [0.25, 0.3) is 0 Å². The molecule has 0 aliphatic heterocycles. The maximum atomic E-state index is 9.43. The molecule has 0 heterocycles. The van der Waals surface area contributed by atoms with Crippen LogP contribution in [0.3, 0.4) is 0 Å². The molecule has 2 N–H and O–H groups in total. The van der Waals surface area contributed by atoms with Crippen LogP contribution in [0.2, 0.25) is 0 Å². The lowest BCUT2D eigenvalue weighted by molar-refractivity contribution is -0.0617. The standard InChI is InChI=1S/C8H16O2/c1-4-6-7(9)8(3,10)5-2/h4,7,9-10H,1,5-6H2,2-3H3. The zero-order valence-corrected chi connectivity index (χ0v) is 6.67. The van der Waals surface area contributed by atoms with Crippen molar-refractivity contribution < 1.29 is 10.2 Å². The van der Waals surface area contributed by atoms with Gasteiger partial charge in [-0.2, -0.15) is 0 Å².